The third kappa shape index (κ3) is 4.62. The van der Waals surface area contributed by atoms with Crippen LogP contribution < -0.4 is 4.74 Å². The van der Waals surface area contributed by atoms with E-state index in [0.717, 1.165) is 31.2 Å². The van der Waals surface area contributed by atoms with Crippen molar-refractivity contribution >= 4 is 5.97 Å². The summed E-state index contributed by atoms with van der Waals surface area (Å²) in [6, 6.07) is 6.75. The van der Waals surface area contributed by atoms with E-state index in [-0.39, 0.29) is 11.1 Å². The van der Waals surface area contributed by atoms with Gasteiger partial charge in [0.15, 0.2) is 11.6 Å². The fourth-order valence-electron chi connectivity index (χ4n) is 2.54. The summed E-state index contributed by atoms with van der Waals surface area (Å²) in [5, 5.41) is 0. The first kappa shape index (κ1) is 19.0. The van der Waals surface area contributed by atoms with Gasteiger partial charge < -0.3 is 4.74 Å². The van der Waals surface area contributed by atoms with E-state index in [2.05, 4.69) is 6.92 Å². The molecule has 2 nitrogen and oxygen atoms in total. The minimum absolute atomic E-state index is 0.180. The van der Waals surface area contributed by atoms with Crippen LogP contribution in [0.2, 0.25) is 0 Å². The first-order valence-corrected chi connectivity index (χ1v) is 8.45. The lowest BCUT2D eigenvalue weighted by Crippen LogP contribution is -2.12. The Kier molecular flexibility index (Phi) is 6.62. The minimum atomic E-state index is -1.25. The van der Waals surface area contributed by atoms with Crippen molar-refractivity contribution in [3.63, 3.8) is 0 Å². The maximum atomic E-state index is 14.1. The molecule has 5 heteroatoms. The quantitative estimate of drug-likeness (QED) is 0.368. The fourth-order valence-corrected chi connectivity index (χ4v) is 2.54. The van der Waals surface area contributed by atoms with Crippen LogP contribution in [0.15, 0.2) is 30.3 Å². The van der Waals surface area contributed by atoms with Gasteiger partial charge in [-0.05, 0) is 48.6 Å². The molecule has 0 heterocycles. The Labute approximate surface area is 145 Å². The van der Waals surface area contributed by atoms with Crippen LogP contribution in [0.25, 0.3) is 0 Å². The van der Waals surface area contributed by atoms with Gasteiger partial charge in [0.05, 0.1) is 5.56 Å². The molecule has 0 atom stereocenters. The summed E-state index contributed by atoms with van der Waals surface area (Å²) < 4.78 is 46.7. The standard InChI is InChI=1S/C20H21F3O2/c1-3-5-6-7-13-8-10-15(16(21)12-13)20(24)25-17-11-9-14(4-2)18(22)19(17)23/h8-12H,3-7H2,1-2H3. The number of hydrogen-bond acceptors (Lipinski definition) is 2. The van der Waals surface area contributed by atoms with Crippen LogP contribution in [0.1, 0.15) is 54.6 Å². The number of esters is 1. The first-order valence-electron chi connectivity index (χ1n) is 8.45. The van der Waals surface area contributed by atoms with Gasteiger partial charge in [0.1, 0.15) is 5.82 Å². The zero-order valence-electron chi connectivity index (χ0n) is 14.4. The normalized spacial score (nSPS) is 10.8. The summed E-state index contributed by atoms with van der Waals surface area (Å²) >= 11 is 0. The Morgan fingerprint density at radius 1 is 1.00 bits per heavy atom. The second kappa shape index (κ2) is 8.70. The molecule has 0 fully saturated rings. The highest BCUT2D eigenvalue weighted by atomic mass is 19.2. The van der Waals surface area contributed by atoms with Crippen molar-refractivity contribution in [3.05, 3.63) is 64.5 Å². The zero-order valence-corrected chi connectivity index (χ0v) is 14.4. The second-order valence-corrected chi connectivity index (χ2v) is 5.87. The summed E-state index contributed by atoms with van der Waals surface area (Å²) in [4.78, 5) is 12.1. The van der Waals surface area contributed by atoms with Gasteiger partial charge in [-0.25, -0.2) is 13.6 Å². The lowest BCUT2D eigenvalue weighted by molar-refractivity contribution is 0.0721. The number of ether oxygens (including phenoxy) is 1. The number of hydrogen-bond donors (Lipinski definition) is 0. The van der Waals surface area contributed by atoms with Crippen LogP contribution in [0.5, 0.6) is 5.75 Å². The molecule has 134 valence electrons. The number of aryl methyl sites for hydroxylation is 2. The van der Waals surface area contributed by atoms with Gasteiger partial charge in [0.2, 0.25) is 5.82 Å². The first-order chi connectivity index (χ1) is 12.0. The van der Waals surface area contributed by atoms with Gasteiger partial charge in [-0.2, -0.15) is 4.39 Å². The predicted octanol–water partition coefficient (Wildman–Crippen LogP) is 5.62. The lowest BCUT2D eigenvalue weighted by atomic mass is 10.0. The molecule has 2 aromatic rings. The number of carbonyl (C=O) groups excluding carboxylic acids is 1. The van der Waals surface area contributed by atoms with Crippen molar-refractivity contribution in [2.45, 2.75) is 46.0 Å². The highest BCUT2D eigenvalue weighted by Gasteiger charge is 2.19. The lowest BCUT2D eigenvalue weighted by Gasteiger charge is -2.09. The van der Waals surface area contributed by atoms with Crippen molar-refractivity contribution in [2.24, 2.45) is 0 Å². The summed E-state index contributed by atoms with van der Waals surface area (Å²) in [5.74, 6) is -4.64. The van der Waals surface area contributed by atoms with Gasteiger partial charge in [0, 0.05) is 0 Å². The molecule has 0 radical (unpaired) electrons. The number of carbonyl (C=O) groups is 1. The van der Waals surface area contributed by atoms with Gasteiger partial charge >= 0.3 is 5.97 Å². The molecule has 2 aromatic carbocycles. The summed E-state index contributed by atoms with van der Waals surface area (Å²) in [7, 11) is 0. The van der Waals surface area contributed by atoms with E-state index >= 15 is 0 Å². The van der Waals surface area contributed by atoms with E-state index < -0.39 is 29.2 Å². The van der Waals surface area contributed by atoms with Crippen molar-refractivity contribution in [3.8, 4) is 5.75 Å². The molecule has 0 spiro atoms. The largest absolute Gasteiger partial charge is 0.420 e. The zero-order chi connectivity index (χ0) is 18.4. The summed E-state index contributed by atoms with van der Waals surface area (Å²) in [6.07, 6.45) is 4.08. The molecule has 0 bridgehead atoms. The average Bonchev–Trinajstić information content (AvgIpc) is 2.59. The van der Waals surface area contributed by atoms with E-state index in [1.807, 2.05) is 0 Å². The van der Waals surface area contributed by atoms with E-state index in [4.69, 9.17) is 4.74 Å². The molecule has 0 aliphatic carbocycles. The molecule has 2 rings (SSSR count). The Morgan fingerprint density at radius 2 is 1.76 bits per heavy atom. The predicted molar refractivity (Wildman–Crippen MR) is 90.3 cm³/mol. The molecule has 0 amide bonds. The van der Waals surface area contributed by atoms with Gasteiger partial charge in [-0.1, -0.05) is 38.8 Å². The second-order valence-electron chi connectivity index (χ2n) is 5.87. The Hall–Kier alpha value is -2.30. The molecular formula is C20H21F3O2. The maximum Gasteiger partial charge on any atom is 0.346 e. The van der Waals surface area contributed by atoms with E-state index in [1.54, 1.807) is 13.0 Å². The summed E-state index contributed by atoms with van der Waals surface area (Å²) in [6.45, 7) is 3.76. The topological polar surface area (TPSA) is 26.3 Å². The van der Waals surface area contributed by atoms with Crippen LogP contribution >= 0.6 is 0 Å². The van der Waals surface area contributed by atoms with Gasteiger partial charge in [0.25, 0.3) is 0 Å². The Morgan fingerprint density at radius 3 is 2.40 bits per heavy atom. The Bertz CT molecular complexity index is 757. The van der Waals surface area contributed by atoms with Crippen LogP contribution in [0, 0.1) is 17.5 Å². The Balaban J connectivity index is 2.14. The van der Waals surface area contributed by atoms with Crippen molar-refractivity contribution < 1.29 is 22.7 Å². The molecule has 0 saturated heterocycles. The highest BCUT2D eigenvalue weighted by molar-refractivity contribution is 5.91. The SMILES string of the molecule is CCCCCc1ccc(C(=O)Oc2ccc(CC)c(F)c2F)c(F)c1. The molecule has 0 N–H and O–H groups in total. The van der Waals surface area contributed by atoms with Crippen LogP contribution in [0.4, 0.5) is 13.2 Å². The van der Waals surface area contributed by atoms with E-state index in [0.29, 0.717) is 6.42 Å². The van der Waals surface area contributed by atoms with E-state index in [9.17, 15) is 18.0 Å². The molecule has 0 saturated carbocycles. The van der Waals surface area contributed by atoms with Crippen LogP contribution in [0.3, 0.4) is 0 Å². The highest BCUT2D eigenvalue weighted by Crippen LogP contribution is 2.24. The molecule has 0 aliphatic heterocycles. The minimum Gasteiger partial charge on any atom is -0.420 e. The number of unbranched alkanes of at least 4 members (excludes halogenated alkanes) is 2. The van der Waals surface area contributed by atoms with Gasteiger partial charge in [-0.3, -0.25) is 0 Å². The van der Waals surface area contributed by atoms with Crippen LogP contribution in [-0.2, 0) is 12.8 Å². The van der Waals surface area contributed by atoms with E-state index in [1.165, 1.54) is 24.3 Å². The average molecular weight is 350 g/mol. The third-order valence-electron chi connectivity index (χ3n) is 4.03. The monoisotopic (exact) mass is 350 g/mol. The van der Waals surface area contributed by atoms with Gasteiger partial charge in [-0.15, -0.1) is 0 Å². The van der Waals surface area contributed by atoms with Crippen molar-refractivity contribution in [2.75, 3.05) is 0 Å². The van der Waals surface area contributed by atoms with Crippen LogP contribution in [-0.4, -0.2) is 5.97 Å². The summed E-state index contributed by atoms with van der Waals surface area (Å²) in [5.41, 5.74) is 0.658. The molecular weight excluding hydrogens is 329 g/mol. The number of benzene rings is 2. The smallest absolute Gasteiger partial charge is 0.346 e. The molecule has 0 aliphatic rings. The fraction of sp³-hybridized carbons (Fsp3) is 0.350. The van der Waals surface area contributed by atoms with Crippen molar-refractivity contribution in [1.82, 2.24) is 0 Å². The molecule has 0 aromatic heterocycles. The third-order valence-corrected chi connectivity index (χ3v) is 4.03. The number of rotatable bonds is 7. The molecule has 25 heavy (non-hydrogen) atoms. The number of halogens is 3. The molecule has 0 unspecified atom stereocenters. The maximum absolute atomic E-state index is 14.1. The van der Waals surface area contributed by atoms with Crippen molar-refractivity contribution in [1.29, 1.82) is 0 Å².